The highest BCUT2D eigenvalue weighted by Gasteiger charge is 2.06. The van der Waals surface area contributed by atoms with Crippen molar-refractivity contribution in [3.63, 3.8) is 0 Å². The van der Waals surface area contributed by atoms with E-state index in [2.05, 4.69) is 50.0 Å². The number of nitrogens with zero attached hydrogens (tertiary/aromatic N) is 2. The number of rotatable bonds is 5. The summed E-state index contributed by atoms with van der Waals surface area (Å²) in [7, 11) is 0. The van der Waals surface area contributed by atoms with Gasteiger partial charge in [0.2, 0.25) is 0 Å². The Labute approximate surface area is 102 Å². The molecule has 2 aromatic heterocycles. The highest BCUT2D eigenvalue weighted by Crippen LogP contribution is 2.17. The Bertz CT molecular complexity index is 392. The van der Waals surface area contributed by atoms with Crippen molar-refractivity contribution in [2.75, 3.05) is 0 Å². The number of hydrogen-bond donors (Lipinski definition) is 0. The van der Waals surface area contributed by atoms with Crippen LogP contribution in [0, 0.1) is 0 Å². The lowest BCUT2D eigenvalue weighted by molar-refractivity contribution is 0.688. The molecule has 0 aliphatic heterocycles. The summed E-state index contributed by atoms with van der Waals surface area (Å²) < 4.78 is 2.10. The van der Waals surface area contributed by atoms with E-state index in [0.29, 0.717) is 4.83 Å². The number of imidazole rings is 1. The van der Waals surface area contributed by atoms with Gasteiger partial charge < -0.3 is 0 Å². The summed E-state index contributed by atoms with van der Waals surface area (Å²) in [4.78, 5) is 6.31. The fourth-order valence-corrected chi connectivity index (χ4v) is 3.06. The van der Waals surface area contributed by atoms with Gasteiger partial charge >= 0.3 is 0 Å². The molecule has 0 radical (unpaired) electrons. The van der Waals surface area contributed by atoms with Crippen LogP contribution in [0.3, 0.4) is 0 Å². The molecule has 2 nitrogen and oxygen atoms in total. The molecule has 0 spiro atoms. The highest BCUT2D eigenvalue weighted by molar-refractivity contribution is 9.09. The molecule has 0 bridgehead atoms. The summed E-state index contributed by atoms with van der Waals surface area (Å²) in [6.07, 6.45) is 8.95. The van der Waals surface area contributed by atoms with E-state index in [1.54, 1.807) is 11.3 Å². The quantitative estimate of drug-likeness (QED) is 0.763. The van der Waals surface area contributed by atoms with Crippen molar-refractivity contribution in [3.8, 4) is 0 Å². The van der Waals surface area contributed by atoms with Crippen LogP contribution in [-0.2, 0) is 6.42 Å². The van der Waals surface area contributed by atoms with E-state index in [1.165, 1.54) is 25.0 Å². The third kappa shape index (κ3) is 2.82. The third-order valence-corrected chi connectivity index (χ3v) is 4.15. The second kappa shape index (κ2) is 5.12. The van der Waals surface area contributed by atoms with E-state index in [0.717, 1.165) is 11.4 Å². The Morgan fingerprint density at radius 2 is 2.40 bits per heavy atom. The molecule has 2 rings (SSSR count). The van der Waals surface area contributed by atoms with Gasteiger partial charge in [0.1, 0.15) is 0 Å². The smallest absolute Gasteiger partial charge is 0.193 e. The molecular formula is C11H15BrN2S. The van der Waals surface area contributed by atoms with Gasteiger partial charge in [0.05, 0.1) is 5.69 Å². The molecule has 2 heterocycles. The SMILES string of the molecule is CCCC(Br)CCc1cn2ccsc2n1. The van der Waals surface area contributed by atoms with Gasteiger partial charge in [-0.2, -0.15) is 0 Å². The Balaban J connectivity index is 1.92. The molecule has 0 aliphatic rings. The second-order valence-corrected chi connectivity index (χ2v) is 5.92. The zero-order chi connectivity index (χ0) is 10.7. The van der Waals surface area contributed by atoms with E-state index < -0.39 is 0 Å². The molecule has 0 saturated carbocycles. The van der Waals surface area contributed by atoms with Gasteiger partial charge in [-0.15, -0.1) is 11.3 Å². The minimum atomic E-state index is 0.641. The van der Waals surface area contributed by atoms with E-state index in [4.69, 9.17) is 0 Å². The predicted molar refractivity (Wildman–Crippen MR) is 69.0 cm³/mol. The van der Waals surface area contributed by atoms with Crippen LogP contribution < -0.4 is 0 Å². The topological polar surface area (TPSA) is 17.3 Å². The van der Waals surface area contributed by atoms with Crippen molar-refractivity contribution < 1.29 is 0 Å². The van der Waals surface area contributed by atoms with Crippen LogP contribution in [0.1, 0.15) is 31.9 Å². The van der Waals surface area contributed by atoms with Gasteiger partial charge in [0.15, 0.2) is 4.96 Å². The van der Waals surface area contributed by atoms with Gasteiger partial charge in [-0.1, -0.05) is 29.3 Å². The monoisotopic (exact) mass is 286 g/mol. The van der Waals surface area contributed by atoms with Gasteiger partial charge in [-0.3, -0.25) is 4.40 Å². The first-order valence-electron chi connectivity index (χ1n) is 5.34. The maximum atomic E-state index is 4.57. The van der Waals surface area contributed by atoms with E-state index in [-0.39, 0.29) is 0 Å². The number of halogens is 1. The lowest BCUT2D eigenvalue weighted by atomic mass is 10.1. The van der Waals surface area contributed by atoms with Crippen LogP contribution in [0.5, 0.6) is 0 Å². The summed E-state index contributed by atoms with van der Waals surface area (Å²) >= 11 is 5.39. The van der Waals surface area contributed by atoms with Crippen molar-refractivity contribution in [1.82, 2.24) is 9.38 Å². The highest BCUT2D eigenvalue weighted by atomic mass is 79.9. The standard InChI is InChI=1S/C11H15BrN2S/c1-2-3-9(12)4-5-10-8-14-6-7-15-11(14)13-10/h6-9H,2-5H2,1H3. The Hall–Kier alpha value is -0.350. The maximum absolute atomic E-state index is 4.57. The lowest BCUT2D eigenvalue weighted by Crippen LogP contribution is -1.99. The predicted octanol–water partition coefficient (Wildman–Crippen LogP) is 3.89. The molecule has 0 amide bonds. The normalized spacial score (nSPS) is 13.5. The Morgan fingerprint density at radius 3 is 3.13 bits per heavy atom. The number of aryl methyl sites for hydroxylation is 1. The maximum Gasteiger partial charge on any atom is 0.193 e. The Morgan fingerprint density at radius 1 is 1.53 bits per heavy atom. The zero-order valence-electron chi connectivity index (χ0n) is 8.82. The average molecular weight is 287 g/mol. The van der Waals surface area contributed by atoms with Crippen LogP contribution in [0.25, 0.3) is 4.96 Å². The molecule has 2 aromatic rings. The fraction of sp³-hybridized carbons (Fsp3) is 0.545. The van der Waals surface area contributed by atoms with Crippen molar-refractivity contribution >= 4 is 32.2 Å². The molecule has 1 unspecified atom stereocenters. The molecule has 1 atom stereocenters. The summed E-state index contributed by atoms with van der Waals surface area (Å²) in [6.45, 7) is 2.22. The van der Waals surface area contributed by atoms with Crippen molar-refractivity contribution in [2.24, 2.45) is 0 Å². The third-order valence-electron chi connectivity index (χ3n) is 2.46. The molecule has 0 N–H and O–H groups in total. The van der Waals surface area contributed by atoms with Crippen molar-refractivity contribution in [3.05, 3.63) is 23.5 Å². The van der Waals surface area contributed by atoms with E-state index in [9.17, 15) is 0 Å². The van der Waals surface area contributed by atoms with Crippen LogP contribution in [0.15, 0.2) is 17.8 Å². The number of aromatic nitrogens is 2. The fourth-order valence-electron chi connectivity index (χ4n) is 1.66. The first-order valence-corrected chi connectivity index (χ1v) is 7.14. The summed E-state index contributed by atoms with van der Waals surface area (Å²) in [5.74, 6) is 0. The van der Waals surface area contributed by atoms with Crippen molar-refractivity contribution in [1.29, 1.82) is 0 Å². The number of hydrogen-bond acceptors (Lipinski definition) is 2. The number of alkyl halides is 1. The minimum absolute atomic E-state index is 0.641. The van der Waals surface area contributed by atoms with Crippen molar-refractivity contribution in [2.45, 2.75) is 37.4 Å². The first-order chi connectivity index (χ1) is 7.29. The summed E-state index contributed by atoms with van der Waals surface area (Å²) in [6, 6.07) is 0. The van der Waals surface area contributed by atoms with Gasteiger partial charge in [0.25, 0.3) is 0 Å². The largest absolute Gasteiger partial charge is 0.297 e. The molecular weight excluding hydrogens is 272 g/mol. The van der Waals surface area contributed by atoms with Crippen LogP contribution in [0.2, 0.25) is 0 Å². The van der Waals surface area contributed by atoms with Crippen LogP contribution in [-0.4, -0.2) is 14.2 Å². The van der Waals surface area contributed by atoms with E-state index in [1.807, 2.05) is 0 Å². The lowest BCUT2D eigenvalue weighted by Gasteiger charge is -2.05. The molecule has 0 aromatic carbocycles. The number of fused-ring (bicyclic) bond motifs is 1. The molecule has 0 saturated heterocycles. The molecule has 0 aliphatic carbocycles. The molecule has 4 heteroatoms. The molecule has 82 valence electrons. The average Bonchev–Trinajstić information content (AvgIpc) is 2.74. The van der Waals surface area contributed by atoms with E-state index >= 15 is 0 Å². The van der Waals surface area contributed by atoms with Crippen LogP contribution >= 0.6 is 27.3 Å². The second-order valence-electron chi connectivity index (χ2n) is 3.75. The number of thiazole rings is 1. The Kier molecular flexibility index (Phi) is 3.81. The summed E-state index contributed by atoms with van der Waals surface area (Å²) in [5, 5.41) is 2.07. The minimum Gasteiger partial charge on any atom is -0.297 e. The van der Waals surface area contributed by atoms with Crippen LogP contribution in [0.4, 0.5) is 0 Å². The van der Waals surface area contributed by atoms with Gasteiger partial charge in [-0.05, 0) is 19.3 Å². The molecule has 0 fully saturated rings. The zero-order valence-corrected chi connectivity index (χ0v) is 11.2. The molecule has 15 heavy (non-hydrogen) atoms. The first kappa shape index (κ1) is 11.1. The van der Waals surface area contributed by atoms with Gasteiger partial charge in [0, 0.05) is 22.6 Å². The summed E-state index contributed by atoms with van der Waals surface area (Å²) in [5.41, 5.74) is 1.21. The van der Waals surface area contributed by atoms with Gasteiger partial charge in [-0.25, -0.2) is 4.98 Å².